The number of aromatic nitrogens is 4. The Hall–Kier alpha value is -7.33. The number of hydrogen-bond donors (Lipinski definition) is 0. The number of hydrogen-bond acceptors (Lipinski definition) is 2. The average Bonchev–Trinajstić information content (AvgIpc) is 4.48. The van der Waals surface area contributed by atoms with E-state index in [1.807, 2.05) is 54.0 Å². The molecule has 11 aromatic rings. The van der Waals surface area contributed by atoms with Crippen molar-refractivity contribution in [1.82, 2.24) is 18.7 Å². The summed E-state index contributed by atoms with van der Waals surface area (Å²) in [5, 5.41) is 1.99. The Morgan fingerprint density at radius 3 is 1.87 bits per heavy atom. The van der Waals surface area contributed by atoms with Crippen molar-refractivity contribution < 1.29 is 30.9 Å². The normalized spacial score (nSPS) is 19.5. The second kappa shape index (κ2) is 15.6. The van der Waals surface area contributed by atoms with Crippen molar-refractivity contribution in [3.63, 3.8) is 0 Å². The molecule has 0 saturated heterocycles. The Labute approximate surface area is 431 Å². The summed E-state index contributed by atoms with van der Waals surface area (Å²) in [6.45, 7) is 1.88. The zero-order valence-corrected chi connectivity index (χ0v) is 41.3. The van der Waals surface area contributed by atoms with Crippen LogP contribution in [-0.2, 0) is 55.9 Å². The molecule has 0 saturated carbocycles. The third-order valence-electron chi connectivity index (χ3n) is 16.6. The first-order valence-electron chi connectivity index (χ1n) is 27.3. The molecule has 4 aliphatic carbocycles. The van der Waals surface area contributed by atoms with Crippen LogP contribution in [0.25, 0.3) is 61.2 Å². The Morgan fingerprint density at radius 1 is 0.577 bits per heavy atom. The van der Waals surface area contributed by atoms with Crippen LogP contribution in [0.2, 0.25) is 0 Å². The van der Waals surface area contributed by atoms with Gasteiger partial charge in [-0.2, -0.15) is 0 Å². The minimum atomic E-state index is -0.425. The van der Waals surface area contributed by atoms with Crippen molar-refractivity contribution in [2.75, 3.05) is 0 Å². The Bertz CT molecular complexity index is 4300. The molecule has 0 aliphatic heterocycles. The summed E-state index contributed by atoms with van der Waals surface area (Å²) in [6.07, 6.45) is 10.4. The average molecular weight is 1100 g/mol. The number of imidazole rings is 1. The molecule has 2 atom stereocenters. The van der Waals surface area contributed by atoms with E-state index in [0.717, 1.165) is 93.7 Å². The standard InChI is InChI=1S/C65H48N4O.Pt/c1-42-36-60(66-40-53(42)43-14-3-2-4-15-43)69-56-23-10-7-20-51(56)52-27-26-50(39-59(52)69)70-49-19-13-18-48(38-49)67-41-68(58-25-12-11-24-57(58)67)63-61-46(30-34-64(61)32-28-44-16-5-8-21-54(44)64)37-47-31-35-65(62(47)63)33-29-45-17-6-9-22-55(45)65;/h2-27,36-37,40H,28-35H2,1H3;/q-2;/i2D,3D,4D,14D,15D;. The van der Waals surface area contributed by atoms with Gasteiger partial charge in [-0.1, -0.05) is 42.3 Å². The molecular formula is C65H48N4OPt-2. The third kappa shape index (κ3) is 5.96. The summed E-state index contributed by atoms with van der Waals surface area (Å²) in [6, 6.07) is 55.8. The molecule has 6 heteroatoms. The first-order chi connectivity index (χ1) is 37.0. The van der Waals surface area contributed by atoms with Gasteiger partial charge in [-0.15, -0.1) is 0 Å². The van der Waals surface area contributed by atoms with Crippen molar-refractivity contribution >= 4 is 32.8 Å². The molecule has 0 N–H and O–H groups in total. The van der Waals surface area contributed by atoms with Gasteiger partial charge in [0.15, 0.2) is 0 Å². The number of para-hydroxylation sites is 3. The van der Waals surface area contributed by atoms with E-state index < -0.39 is 6.04 Å². The van der Waals surface area contributed by atoms with Crippen LogP contribution in [0.4, 0.5) is 0 Å². The Morgan fingerprint density at radius 2 is 1.18 bits per heavy atom. The van der Waals surface area contributed by atoms with E-state index in [4.69, 9.17) is 16.6 Å². The number of ether oxygens (including phenoxy) is 1. The predicted octanol–water partition coefficient (Wildman–Crippen LogP) is 14.7. The number of rotatable bonds is 6. The maximum absolute atomic E-state index is 8.65. The molecule has 2 unspecified atom stereocenters. The molecule has 3 heterocycles. The fraction of sp³-hybridized carbons (Fsp3) is 0.169. The van der Waals surface area contributed by atoms with E-state index >= 15 is 0 Å². The van der Waals surface area contributed by atoms with Gasteiger partial charge in [0.05, 0.1) is 6.85 Å². The van der Waals surface area contributed by atoms with Crippen LogP contribution < -0.4 is 4.74 Å². The van der Waals surface area contributed by atoms with Gasteiger partial charge < -0.3 is 0 Å². The van der Waals surface area contributed by atoms with Gasteiger partial charge in [0.1, 0.15) is 0 Å². The van der Waals surface area contributed by atoms with Crippen LogP contribution in [0.3, 0.4) is 0 Å². The molecule has 4 aliphatic rings. The van der Waals surface area contributed by atoms with Crippen molar-refractivity contribution in [2.24, 2.45) is 0 Å². The first kappa shape index (κ1) is 36.6. The molecule has 71 heavy (non-hydrogen) atoms. The van der Waals surface area contributed by atoms with Gasteiger partial charge >= 0.3 is 354 Å². The van der Waals surface area contributed by atoms with Crippen molar-refractivity contribution in [3.8, 4) is 39.8 Å². The van der Waals surface area contributed by atoms with Crippen LogP contribution in [0.1, 0.15) is 82.6 Å². The SMILES string of the molecule is [2H]c1c([2H])c([2H])c(-c2cnc(-n3c4[c-]c(Oc5[c-]c(-n6[c](=[Pt])n(-c7c8c(cc9c7C7(CCc%10ccccc%107)CC9)CCC87CCc8ccccc87)c7ccccc76)ccc5)ccc4c4ccccc43)cc2C)c([2H])c1[2H]. The van der Waals surface area contributed by atoms with E-state index in [1.54, 1.807) is 6.20 Å². The van der Waals surface area contributed by atoms with Crippen LogP contribution in [0, 0.1) is 22.9 Å². The Balaban J connectivity index is 0.869. The van der Waals surface area contributed by atoms with Crippen LogP contribution in [-0.4, -0.2) is 18.7 Å². The monoisotopic (exact) mass is 1100 g/mol. The zero-order valence-electron chi connectivity index (χ0n) is 44.0. The fourth-order valence-electron chi connectivity index (χ4n) is 13.6. The third-order valence-corrected chi connectivity index (χ3v) is 17.6. The summed E-state index contributed by atoms with van der Waals surface area (Å²) in [5.41, 5.74) is 19.5. The van der Waals surface area contributed by atoms with Gasteiger partial charge in [-0.25, -0.2) is 0 Å². The molecule has 5 nitrogen and oxygen atoms in total. The summed E-state index contributed by atoms with van der Waals surface area (Å²) in [4.78, 5) is 4.89. The van der Waals surface area contributed by atoms with Crippen molar-refractivity contribution in [3.05, 3.63) is 242 Å². The quantitative estimate of drug-likeness (QED) is 0.156. The molecule has 8 aromatic carbocycles. The molecule has 0 bridgehead atoms. The summed E-state index contributed by atoms with van der Waals surface area (Å²) >= 11 is 2.59. The second-order valence-electron chi connectivity index (χ2n) is 20.0. The molecule has 2 spiro atoms. The minimum absolute atomic E-state index is 0.0621. The molecule has 0 amide bonds. The van der Waals surface area contributed by atoms with Crippen LogP contribution >= 0.6 is 0 Å². The first-order valence-corrected chi connectivity index (χ1v) is 25.9. The number of fused-ring (bicyclic) bond motifs is 12. The van der Waals surface area contributed by atoms with Crippen LogP contribution in [0.5, 0.6) is 11.5 Å². The van der Waals surface area contributed by atoms with Crippen molar-refractivity contribution in [1.29, 1.82) is 0 Å². The zero-order chi connectivity index (χ0) is 51.4. The van der Waals surface area contributed by atoms with Gasteiger partial charge in [0.2, 0.25) is 0 Å². The number of benzene rings is 8. The maximum atomic E-state index is 8.65. The molecule has 0 radical (unpaired) electrons. The van der Waals surface area contributed by atoms with Crippen LogP contribution in [0.15, 0.2) is 176 Å². The van der Waals surface area contributed by atoms with E-state index in [1.165, 1.54) is 55.7 Å². The number of nitrogens with zero attached hydrogens (tertiary/aromatic N) is 4. The predicted molar refractivity (Wildman–Crippen MR) is 280 cm³/mol. The summed E-state index contributed by atoms with van der Waals surface area (Å²) in [5.74, 6) is 1.67. The second-order valence-corrected chi connectivity index (χ2v) is 21.0. The summed E-state index contributed by atoms with van der Waals surface area (Å²) < 4.78 is 57.0. The molecular weight excluding hydrogens is 1050 g/mol. The van der Waals surface area contributed by atoms with Gasteiger partial charge in [-0.3, -0.25) is 0 Å². The molecule has 15 rings (SSSR count). The van der Waals surface area contributed by atoms with E-state index in [2.05, 4.69) is 138 Å². The fourth-order valence-corrected chi connectivity index (χ4v) is 14.7. The van der Waals surface area contributed by atoms with E-state index in [9.17, 15) is 0 Å². The number of pyridine rings is 1. The summed E-state index contributed by atoms with van der Waals surface area (Å²) in [7, 11) is 0. The van der Waals surface area contributed by atoms with Gasteiger partial charge in [-0.05, 0) is 18.1 Å². The Kier molecular flexibility index (Phi) is 8.03. The van der Waals surface area contributed by atoms with E-state index in [0.29, 0.717) is 22.9 Å². The minimum Gasteiger partial charge on any atom is -0.0616 e. The van der Waals surface area contributed by atoms with Gasteiger partial charge in [0.25, 0.3) is 0 Å². The molecule has 3 aromatic heterocycles. The number of aryl methyl sites for hydroxylation is 5. The molecule has 0 fully saturated rings. The smallest absolute Gasteiger partial charge is 0.0616 e. The van der Waals surface area contributed by atoms with E-state index in [-0.39, 0.29) is 40.6 Å². The topological polar surface area (TPSA) is 36.9 Å². The van der Waals surface area contributed by atoms with Gasteiger partial charge in [0, 0.05) is 11.8 Å². The molecule has 346 valence electrons. The van der Waals surface area contributed by atoms with Crippen molar-refractivity contribution in [2.45, 2.75) is 69.1 Å².